The summed E-state index contributed by atoms with van der Waals surface area (Å²) in [4.78, 5) is 4.47. The smallest absolute Gasteiger partial charge is 0.0749 e. The molecule has 1 aromatic heterocycles. The van der Waals surface area contributed by atoms with E-state index < -0.39 is 0 Å². The molecule has 1 saturated heterocycles. The van der Waals surface area contributed by atoms with Crippen molar-refractivity contribution < 1.29 is 0 Å². The van der Waals surface area contributed by atoms with E-state index in [0.29, 0.717) is 6.04 Å². The molecule has 17 heavy (non-hydrogen) atoms. The van der Waals surface area contributed by atoms with E-state index >= 15 is 0 Å². The van der Waals surface area contributed by atoms with Crippen molar-refractivity contribution in [1.29, 1.82) is 0 Å². The van der Waals surface area contributed by atoms with Gasteiger partial charge in [-0.3, -0.25) is 4.98 Å². The molecule has 1 unspecified atom stereocenters. The second kappa shape index (κ2) is 4.63. The van der Waals surface area contributed by atoms with E-state index in [-0.39, 0.29) is 0 Å². The predicted octanol–water partition coefficient (Wildman–Crippen LogP) is 3.18. The Kier molecular flexibility index (Phi) is 3.00. The van der Waals surface area contributed by atoms with E-state index in [1.54, 1.807) is 0 Å². The van der Waals surface area contributed by atoms with Gasteiger partial charge in [0.2, 0.25) is 0 Å². The van der Waals surface area contributed by atoms with Gasteiger partial charge in [-0.15, -0.1) is 0 Å². The number of benzene rings is 1. The lowest BCUT2D eigenvalue weighted by Gasteiger charge is -2.13. The zero-order chi connectivity index (χ0) is 11.7. The lowest BCUT2D eigenvalue weighted by Crippen LogP contribution is -2.23. The molecule has 1 fully saturated rings. The first-order chi connectivity index (χ1) is 8.34. The minimum absolute atomic E-state index is 0.556. The van der Waals surface area contributed by atoms with Gasteiger partial charge in [-0.05, 0) is 43.5 Å². The maximum absolute atomic E-state index is 6.31. The maximum Gasteiger partial charge on any atom is 0.0749 e. The largest absolute Gasteiger partial charge is 0.314 e. The number of halogens is 1. The normalized spacial score (nSPS) is 19.9. The number of pyridine rings is 1. The highest BCUT2D eigenvalue weighted by atomic mass is 35.5. The highest BCUT2D eigenvalue weighted by Gasteiger charge is 2.17. The van der Waals surface area contributed by atoms with Crippen LogP contribution >= 0.6 is 11.6 Å². The molecule has 1 atom stereocenters. The summed E-state index contributed by atoms with van der Waals surface area (Å²) in [6.45, 7) is 1.13. The second-order valence-corrected chi connectivity index (χ2v) is 5.01. The van der Waals surface area contributed by atoms with Crippen molar-refractivity contribution in [2.45, 2.75) is 25.3 Å². The van der Waals surface area contributed by atoms with Gasteiger partial charge in [0.05, 0.1) is 5.52 Å². The highest BCUT2D eigenvalue weighted by molar-refractivity contribution is 6.32. The molecule has 88 valence electrons. The van der Waals surface area contributed by atoms with Crippen LogP contribution in [0.5, 0.6) is 0 Å². The summed E-state index contributed by atoms with van der Waals surface area (Å²) in [6, 6.07) is 8.63. The van der Waals surface area contributed by atoms with Crippen LogP contribution in [0.25, 0.3) is 10.9 Å². The predicted molar refractivity (Wildman–Crippen MR) is 71.5 cm³/mol. The monoisotopic (exact) mass is 246 g/mol. The van der Waals surface area contributed by atoms with Gasteiger partial charge in [0.15, 0.2) is 0 Å². The minimum atomic E-state index is 0.556. The number of aromatic nitrogens is 1. The van der Waals surface area contributed by atoms with Crippen LogP contribution in [-0.2, 0) is 6.42 Å². The number of rotatable bonds is 2. The third-order valence-electron chi connectivity index (χ3n) is 3.44. The van der Waals surface area contributed by atoms with Gasteiger partial charge in [0.1, 0.15) is 0 Å². The van der Waals surface area contributed by atoms with Crippen LogP contribution < -0.4 is 5.32 Å². The van der Waals surface area contributed by atoms with E-state index in [9.17, 15) is 0 Å². The summed E-state index contributed by atoms with van der Waals surface area (Å²) in [5.74, 6) is 0. The molecule has 0 radical (unpaired) electrons. The first-order valence-electron chi connectivity index (χ1n) is 6.10. The number of nitrogens with zero attached hydrogens (tertiary/aromatic N) is 1. The van der Waals surface area contributed by atoms with Gasteiger partial charge in [-0.25, -0.2) is 0 Å². The lowest BCUT2D eigenvalue weighted by atomic mass is 10.0. The standard InChI is InChI=1S/C14H15ClN2/c15-13-6-5-10-3-1-8-17-14(10)12(13)9-11-4-2-7-16-11/h1,3,5-6,8,11,16H,2,4,7,9H2. The van der Waals surface area contributed by atoms with Crippen molar-refractivity contribution >= 4 is 22.5 Å². The van der Waals surface area contributed by atoms with Gasteiger partial charge in [-0.2, -0.15) is 0 Å². The van der Waals surface area contributed by atoms with Gasteiger partial charge in [0.25, 0.3) is 0 Å². The summed E-state index contributed by atoms with van der Waals surface area (Å²) in [6.07, 6.45) is 5.32. The summed E-state index contributed by atoms with van der Waals surface area (Å²) in [5.41, 5.74) is 2.23. The number of fused-ring (bicyclic) bond motifs is 1. The molecule has 1 aliphatic heterocycles. The van der Waals surface area contributed by atoms with Crippen LogP contribution in [0.2, 0.25) is 5.02 Å². The Labute approximate surface area is 106 Å². The molecule has 3 heteroatoms. The van der Waals surface area contributed by atoms with Gasteiger partial charge in [-0.1, -0.05) is 23.7 Å². The van der Waals surface area contributed by atoms with E-state index in [0.717, 1.165) is 23.5 Å². The topological polar surface area (TPSA) is 24.9 Å². The minimum Gasteiger partial charge on any atom is -0.314 e. The molecule has 1 N–H and O–H groups in total. The van der Waals surface area contributed by atoms with Crippen molar-refractivity contribution in [1.82, 2.24) is 10.3 Å². The van der Waals surface area contributed by atoms with E-state index in [4.69, 9.17) is 11.6 Å². The van der Waals surface area contributed by atoms with Crippen LogP contribution in [0.1, 0.15) is 18.4 Å². The van der Waals surface area contributed by atoms with Crippen LogP contribution in [-0.4, -0.2) is 17.6 Å². The Hall–Kier alpha value is -1.12. The number of hydrogen-bond donors (Lipinski definition) is 1. The quantitative estimate of drug-likeness (QED) is 0.881. The van der Waals surface area contributed by atoms with Gasteiger partial charge < -0.3 is 5.32 Å². The molecule has 0 bridgehead atoms. The zero-order valence-corrected chi connectivity index (χ0v) is 10.4. The summed E-state index contributed by atoms with van der Waals surface area (Å²) in [7, 11) is 0. The molecule has 2 heterocycles. The van der Waals surface area contributed by atoms with Crippen LogP contribution in [0.4, 0.5) is 0 Å². The molecular formula is C14H15ClN2. The van der Waals surface area contributed by atoms with Crippen molar-refractivity contribution in [2.75, 3.05) is 6.54 Å². The van der Waals surface area contributed by atoms with E-state index in [2.05, 4.69) is 16.4 Å². The average Bonchev–Trinajstić information content (AvgIpc) is 2.86. The van der Waals surface area contributed by atoms with Crippen LogP contribution in [0, 0.1) is 0 Å². The van der Waals surface area contributed by atoms with Crippen molar-refractivity contribution in [3.05, 3.63) is 41.0 Å². The Bertz CT molecular complexity index is 533. The lowest BCUT2D eigenvalue weighted by molar-refractivity contribution is 0.604. The average molecular weight is 247 g/mol. The summed E-state index contributed by atoms with van der Waals surface area (Å²) < 4.78 is 0. The maximum atomic E-state index is 6.31. The van der Waals surface area contributed by atoms with Crippen LogP contribution in [0.3, 0.4) is 0 Å². The molecule has 3 rings (SSSR count). The van der Waals surface area contributed by atoms with Gasteiger partial charge >= 0.3 is 0 Å². The molecule has 1 aliphatic rings. The first kappa shape index (κ1) is 11.0. The molecule has 2 nitrogen and oxygen atoms in total. The Balaban J connectivity index is 2.03. The summed E-state index contributed by atoms with van der Waals surface area (Å²) in [5, 5.41) is 5.52. The van der Waals surface area contributed by atoms with Crippen molar-refractivity contribution in [3.63, 3.8) is 0 Å². The molecule has 0 amide bonds. The SMILES string of the molecule is Clc1ccc2cccnc2c1CC1CCCN1. The van der Waals surface area contributed by atoms with Crippen LogP contribution in [0.15, 0.2) is 30.5 Å². The van der Waals surface area contributed by atoms with Crippen molar-refractivity contribution in [2.24, 2.45) is 0 Å². The fourth-order valence-electron chi connectivity index (χ4n) is 2.55. The highest BCUT2D eigenvalue weighted by Crippen LogP contribution is 2.27. The molecule has 0 saturated carbocycles. The van der Waals surface area contributed by atoms with Gasteiger partial charge in [0, 0.05) is 22.6 Å². The zero-order valence-electron chi connectivity index (χ0n) is 9.62. The third-order valence-corrected chi connectivity index (χ3v) is 3.79. The Morgan fingerprint density at radius 2 is 2.29 bits per heavy atom. The third kappa shape index (κ3) is 2.15. The molecular weight excluding hydrogens is 232 g/mol. The molecule has 2 aromatic rings. The molecule has 1 aromatic carbocycles. The van der Waals surface area contributed by atoms with E-state index in [1.807, 2.05) is 24.4 Å². The Morgan fingerprint density at radius 1 is 1.35 bits per heavy atom. The second-order valence-electron chi connectivity index (χ2n) is 4.60. The Morgan fingerprint density at radius 3 is 3.12 bits per heavy atom. The number of nitrogens with one attached hydrogen (secondary N) is 1. The fourth-order valence-corrected chi connectivity index (χ4v) is 2.78. The number of hydrogen-bond acceptors (Lipinski definition) is 2. The first-order valence-corrected chi connectivity index (χ1v) is 6.48. The van der Waals surface area contributed by atoms with Crippen molar-refractivity contribution in [3.8, 4) is 0 Å². The summed E-state index contributed by atoms with van der Waals surface area (Å²) >= 11 is 6.31. The molecule has 0 spiro atoms. The fraction of sp³-hybridized carbons (Fsp3) is 0.357. The molecule has 0 aliphatic carbocycles. The van der Waals surface area contributed by atoms with E-state index in [1.165, 1.54) is 23.8 Å².